The molecule has 0 unspecified atom stereocenters. The van der Waals surface area contributed by atoms with Gasteiger partial charge in [0.1, 0.15) is 6.04 Å². The van der Waals surface area contributed by atoms with Gasteiger partial charge in [0.15, 0.2) is 17.0 Å². The maximum Gasteiger partial charge on any atom is 0.326 e. The van der Waals surface area contributed by atoms with Crippen LogP contribution in [0.3, 0.4) is 0 Å². The Labute approximate surface area is 121 Å². The maximum atomic E-state index is 12.0. The van der Waals surface area contributed by atoms with E-state index in [1.807, 2.05) is 0 Å². The molecule has 0 radical (unpaired) electrons. The van der Waals surface area contributed by atoms with E-state index in [1.54, 1.807) is 0 Å². The van der Waals surface area contributed by atoms with Gasteiger partial charge in [-0.3, -0.25) is 4.79 Å². The molecule has 0 bridgehead atoms. The average molecular weight is 295 g/mol. The fourth-order valence-electron chi connectivity index (χ4n) is 2.27. The van der Waals surface area contributed by atoms with Crippen molar-refractivity contribution in [1.82, 2.24) is 5.32 Å². The normalized spacial score (nSPS) is 17.6. The number of hydrogen-bond donors (Lipinski definition) is 5. The van der Waals surface area contributed by atoms with E-state index in [9.17, 15) is 24.9 Å². The lowest BCUT2D eigenvalue weighted by Gasteiger charge is -2.33. The molecule has 7 heteroatoms. The van der Waals surface area contributed by atoms with E-state index in [2.05, 4.69) is 11.1 Å². The summed E-state index contributed by atoms with van der Waals surface area (Å²) in [5, 5.41) is 30.4. The number of quaternary nitrogens is 1. The minimum Gasteiger partial charge on any atom is -0.504 e. The molecule has 2 rings (SSSR count). The Bertz CT molecular complexity index is 568. The molecule has 114 valence electrons. The highest BCUT2D eigenvalue weighted by atomic mass is 16.4. The Morgan fingerprint density at radius 3 is 2.43 bits per heavy atom. The van der Waals surface area contributed by atoms with Gasteiger partial charge in [0.25, 0.3) is 5.91 Å². The predicted octanol–water partition coefficient (Wildman–Crippen LogP) is -0.626. The summed E-state index contributed by atoms with van der Waals surface area (Å²) >= 11 is 0. The fraction of sp³-hybridized carbons (Fsp3) is 0.429. The molecule has 0 heterocycles. The van der Waals surface area contributed by atoms with Crippen LogP contribution >= 0.6 is 0 Å². The quantitative estimate of drug-likeness (QED) is 0.461. The first-order chi connectivity index (χ1) is 9.82. The van der Waals surface area contributed by atoms with Crippen LogP contribution in [0.2, 0.25) is 0 Å². The Kier molecular flexibility index (Phi) is 4.04. The Balaban J connectivity index is 2.07. The van der Waals surface area contributed by atoms with E-state index in [0.29, 0.717) is 18.4 Å². The van der Waals surface area contributed by atoms with Crippen LogP contribution in [0.1, 0.15) is 24.8 Å². The van der Waals surface area contributed by atoms with Crippen molar-refractivity contribution in [3.8, 4) is 11.5 Å². The first-order valence-corrected chi connectivity index (χ1v) is 6.72. The number of aromatic hydroxyl groups is 2. The monoisotopic (exact) mass is 295 g/mol. The molecular formula is C14H19N2O5+. The summed E-state index contributed by atoms with van der Waals surface area (Å²) in [6.45, 7) is 0. The Morgan fingerprint density at radius 1 is 1.29 bits per heavy atom. The van der Waals surface area contributed by atoms with Crippen molar-refractivity contribution in [2.75, 3.05) is 0 Å². The number of aliphatic carboxylic acids is 1. The minimum atomic E-state index is -1.15. The van der Waals surface area contributed by atoms with Gasteiger partial charge in [-0.15, -0.1) is 0 Å². The summed E-state index contributed by atoms with van der Waals surface area (Å²) in [5.74, 6) is -2.11. The van der Waals surface area contributed by atoms with Crippen LogP contribution in [0.25, 0.3) is 0 Å². The highest BCUT2D eigenvalue weighted by Crippen LogP contribution is 2.28. The predicted molar refractivity (Wildman–Crippen MR) is 72.5 cm³/mol. The zero-order chi connectivity index (χ0) is 15.6. The number of nitrogens with one attached hydrogen (secondary N) is 1. The summed E-state index contributed by atoms with van der Waals surface area (Å²) < 4.78 is 0. The molecule has 7 N–H and O–H groups in total. The minimum absolute atomic E-state index is 0.0188. The van der Waals surface area contributed by atoms with Crippen LogP contribution in [0.15, 0.2) is 18.2 Å². The number of carboxylic acids is 1. The molecule has 1 saturated carbocycles. The highest BCUT2D eigenvalue weighted by Gasteiger charge is 2.45. The van der Waals surface area contributed by atoms with Crippen LogP contribution in [-0.2, 0) is 16.0 Å². The van der Waals surface area contributed by atoms with Crippen molar-refractivity contribution in [1.29, 1.82) is 0 Å². The molecule has 1 fully saturated rings. The molecule has 1 amide bonds. The van der Waals surface area contributed by atoms with Gasteiger partial charge in [-0.2, -0.15) is 0 Å². The van der Waals surface area contributed by atoms with Crippen molar-refractivity contribution in [3.63, 3.8) is 0 Å². The van der Waals surface area contributed by atoms with E-state index in [-0.39, 0.29) is 23.8 Å². The third kappa shape index (κ3) is 3.25. The average Bonchev–Trinajstić information content (AvgIpc) is 2.39. The number of phenolic OH excluding ortho intramolecular Hbond substituents is 2. The zero-order valence-electron chi connectivity index (χ0n) is 11.5. The summed E-state index contributed by atoms with van der Waals surface area (Å²) in [4.78, 5) is 23.3. The zero-order valence-corrected chi connectivity index (χ0v) is 11.5. The Hall–Kier alpha value is -2.28. The number of carbonyl (C=O) groups excluding carboxylic acids is 1. The van der Waals surface area contributed by atoms with Gasteiger partial charge in [0, 0.05) is 19.3 Å². The van der Waals surface area contributed by atoms with Gasteiger partial charge < -0.3 is 26.4 Å². The van der Waals surface area contributed by atoms with Gasteiger partial charge in [0.05, 0.1) is 0 Å². The number of rotatable bonds is 5. The first-order valence-electron chi connectivity index (χ1n) is 6.72. The molecule has 1 aliphatic carbocycles. The molecule has 1 aromatic carbocycles. The molecule has 0 aromatic heterocycles. The van der Waals surface area contributed by atoms with Crippen LogP contribution in [0.4, 0.5) is 0 Å². The smallest absolute Gasteiger partial charge is 0.326 e. The number of carbonyl (C=O) groups is 2. The van der Waals surface area contributed by atoms with Crippen LogP contribution < -0.4 is 11.1 Å². The van der Waals surface area contributed by atoms with E-state index in [4.69, 9.17) is 0 Å². The summed E-state index contributed by atoms with van der Waals surface area (Å²) in [6.07, 6.45) is 2.25. The molecule has 0 saturated heterocycles. The molecule has 1 aliphatic rings. The van der Waals surface area contributed by atoms with Gasteiger partial charge in [-0.1, -0.05) is 6.07 Å². The largest absolute Gasteiger partial charge is 0.504 e. The second kappa shape index (κ2) is 5.61. The van der Waals surface area contributed by atoms with Crippen molar-refractivity contribution in [2.24, 2.45) is 0 Å². The summed E-state index contributed by atoms with van der Waals surface area (Å²) in [6, 6.07) is 2.96. The third-order valence-electron chi connectivity index (χ3n) is 3.88. The maximum absolute atomic E-state index is 12.0. The third-order valence-corrected chi connectivity index (χ3v) is 3.88. The summed E-state index contributed by atoms with van der Waals surface area (Å²) in [5.41, 5.74) is 3.63. The van der Waals surface area contributed by atoms with Crippen molar-refractivity contribution in [2.45, 2.75) is 37.3 Å². The molecular weight excluding hydrogens is 276 g/mol. The van der Waals surface area contributed by atoms with Gasteiger partial charge >= 0.3 is 5.97 Å². The van der Waals surface area contributed by atoms with E-state index in [1.165, 1.54) is 18.2 Å². The standard InChI is InChI=1S/C14H18N2O5/c15-14(4-1-5-14)13(21)16-9(12(19)20)6-8-2-3-10(17)11(18)7-8/h2-3,7,9,17-18H,1,4-6,15H2,(H,16,21)(H,19,20)/p+1/t9-/m0/s1. The van der Waals surface area contributed by atoms with E-state index in [0.717, 1.165) is 6.42 Å². The number of hydrogen-bond acceptors (Lipinski definition) is 4. The SMILES string of the molecule is [NH3+]C1(C(=O)N[C@@H](Cc2ccc(O)c(O)c2)C(=O)O)CCC1. The van der Waals surface area contributed by atoms with Gasteiger partial charge in [0.2, 0.25) is 0 Å². The second-order valence-electron chi connectivity index (χ2n) is 5.53. The lowest BCUT2D eigenvalue weighted by Crippen LogP contribution is -2.82. The van der Waals surface area contributed by atoms with Gasteiger partial charge in [-0.25, -0.2) is 4.79 Å². The van der Waals surface area contributed by atoms with Crippen LogP contribution in [0, 0.1) is 0 Å². The van der Waals surface area contributed by atoms with Gasteiger partial charge in [-0.05, 0) is 24.1 Å². The van der Waals surface area contributed by atoms with Crippen LogP contribution in [0.5, 0.6) is 11.5 Å². The number of benzene rings is 1. The van der Waals surface area contributed by atoms with E-state index >= 15 is 0 Å². The molecule has 7 nitrogen and oxygen atoms in total. The Morgan fingerprint density at radius 2 is 1.95 bits per heavy atom. The molecule has 1 atom stereocenters. The number of amides is 1. The van der Waals surface area contributed by atoms with Crippen LogP contribution in [-0.4, -0.2) is 38.8 Å². The molecule has 0 spiro atoms. The molecule has 0 aliphatic heterocycles. The topological polar surface area (TPSA) is 134 Å². The highest BCUT2D eigenvalue weighted by molar-refractivity contribution is 5.89. The lowest BCUT2D eigenvalue weighted by molar-refractivity contribution is -0.477. The molecule has 1 aromatic rings. The number of carboxylic acid groups (broad SMARTS) is 1. The van der Waals surface area contributed by atoms with E-state index < -0.39 is 17.6 Å². The fourth-order valence-corrected chi connectivity index (χ4v) is 2.27. The second-order valence-corrected chi connectivity index (χ2v) is 5.53. The lowest BCUT2D eigenvalue weighted by atomic mass is 9.77. The first kappa shape index (κ1) is 15.1. The molecule has 21 heavy (non-hydrogen) atoms. The summed E-state index contributed by atoms with van der Waals surface area (Å²) in [7, 11) is 0. The van der Waals surface area contributed by atoms with Crippen molar-refractivity contribution < 1.29 is 30.6 Å². The van der Waals surface area contributed by atoms with Crippen molar-refractivity contribution in [3.05, 3.63) is 23.8 Å². The number of phenols is 2. The van der Waals surface area contributed by atoms with Crippen molar-refractivity contribution >= 4 is 11.9 Å².